The second kappa shape index (κ2) is 3.70. The summed E-state index contributed by atoms with van der Waals surface area (Å²) in [5.41, 5.74) is 7.29. The standard InChI is InChI=1S/C10H12N6/c1-3-16-10(9(12)7(2)14-16)15-5-4-13-8(15)6-11/h4-5H,3,12H2,1-2H3. The highest BCUT2D eigenvalue weighted by Gasteiger charge is 2.15. The molecule has 0 atom stereocenters. The molecule has 82 valence electrons. The summed E-state index contributed by atoms with van der Waals surface area (Å²) in [4.78, 5) is 3.94. The quantitative estimate of drug-likeness (QED) is 0.806. The van der Waals surface area contributed by atoms with Crippen LogP contribution in [0.4, 0.5) is 5.69 Å². The molecule has 0 amide bonds. The molecule has 0 unspecified atom stereocenters. The van der Waals surface area contributed by atoms with E-state index in [1.165, 1.54) is 0 Å². The zero-order chi connectivity index (χ0) is 11.7. The largest absolute Gasteiger partial charge is 0.394 e. The van der Waals surface area contributed by atoms with Gasteiger partial charge in [-0.05, 0) is 13.8 Å². The van der Waals surface area contributed by atoms with E-state index in [1.54, 1.807) is 21.6 Å². The summed E-state index contributed by atoms with van der Waals surface area (Å²) in [5, 5.41) is 13.2. The summed E-state index contributed by atoms with van der Waals surface area (Å²) in [7, 11) is 0. The summed E-state index contributed by atoms with van der Waals surface area (Å²) in [6.07, 6.45) is 3.28. The van der Waals surface area contributed by atoms with Gasteiger partial charge in [0.2, 0.25) is 5.82 Å². The summed E-state index contributed by atoms with van der Waals surface area (Å²) in [6.45, 7) is 4.50. The number of nitrogen functional groups attached to an aromatic ring is 1. The molecule has 0 fully saturated rings. The first-order valence-corrected chi connectivity index (χ1v) is 4.95. The number of nitrogens with zero attached hydrogens (tertiary/aromatic N) is 5. The van der Waals surface area contributed by atoms with Crippen molar-refractivity contribution in [2.24, 2.45) is 0 Å². The predicted octanol–water partition coefficient (Wildman–Crippen LogP) is 0.851. The van der Waals surface area contributed by atoms with Crippen molar-refractivity contribution in [1.82, 2.24) is 19.3 Å². The third kappa shape index (κ3) is 1.34. The fourth-order valence-corrected chi connectivity index (χ4v) is 1.61. The van der Waals surface area contributed by atoms with Crippen LogP contribution in [-0.2, 0) is 6.54 Å². The first-order chi connectivity index (χ1) is 7.69. The summed E-state index contributed by atoms with van der Waals surface area (Å²) >= 11 is 0. The van der Waals surface area contributed by atoms with Crippen molar-refractivity contribution in [1.29, 1.82) is 5.26 Å². The summed E-state index contributed by atoms with van der Waals surface area (Å²) in [5.74, 6) is 1.01. The topological polar surface area (TPSA) is 85.5 Å². The highest BCUT2D eigenvalue weighted by Crippen LogP contribution is 2.21. The molecule has 2 heterocycles. The molecule has 0 aromatic carbocycles. The molecule has 0 spiro atoms. The highest BCUT2D eigenvalue weighted by atomic mass is 15.4. The van der Waals surface area contributed by atoms with Crippen LogP contribution in [0.15, 0.2) is 12.4 Å². The van der Waals surface area contributed by atoms with Gasteiger partial charge in [0.25, 0.3) is 0 Å². The number of aryl methyl sites for hydroxylation is 2. The van der Waals surface area contributed by atoms with Gasteiger partial charge in [-0.2, -0.15) is 10.4 Å². The van der Waals surface area contributed by atoms with Crippen LogP contribution in [0.1, 0.15) is 18.4 Å². The van der Waals surface area contributed by atoms with Gasteiger partial charge in [-0.1, -0.05) is 0 Å². The second-order valence-electron chi connectivity index (χ2n) is 3.37. The number of nitriles is 1. The van der Waals surface area contributed by atoms with E-state index in [-0.39, 0.29) is 0 Å². The van der Waals surface area contributed by atoms with Gasteiger partial charge in [-0.3, -0.25) is 4.57 Å². The van der Waals surface area contributed by atoms with Crippen LogP contribution in [0, 0.1) is 18.3 Å². The van der Waals surface area contributed by atoms with E-state index in [2.05, 4.69) is 10.1 Å². The monoisotopic (exact) mass is 216 g/mol. The molecule has 0 bridgehead atoms. The number of hydrogen-bond acceptors (Lipinski definition) is 4. The van der Waals surface area contributed by atoms with E-state index in [0.717, 1.165) is 5.69 Å². The van der Waals surface area contributed by atoms with E-state index in [0.29, 0.717) is 23.9 Å². The SMILES string of the molecule is CCn1nc(C)c(N)c1-n1ccnc1C#N. The Bertz CT molecular complexity index is 556. The van der Waals surface area contributed by atoms with Crippen molar-refractivity contribution >= 4 is 5.69 Å². The van der Waals surface area contributed by atoms with Crippen LogP contribution >= 0.6 is 0 Å². The number of rotatable bonds is 2. The van der Waals surface area contributed by atoms with Gasteiger partial charge in [0.15, 0.2) is 5.82 Å². The van der Waals surface area contributed by atoms with Crippen LogP contribution < -0.4 is 5.73 Å². The number of aromatic nitrogens is 4. The number of hydrogen-bond donors (Lipinski definition) is 1. The van der Waals surface area contributed by atoms with Gasteiger partial charge in [0.1, 0.15) is 6.07 Å². The Balaban J connectivity index is 2.69. The molecule has 0 saturated carbocycles. The van der Waals surface area contributed by atoms with Crippen molar-refractivity contribution in [2.45, 2.75) is 20.4 Å². The number of anilines is 1. The first kappa shape index (κ1) is 10.2. The number of nitrogens with two attached hydrogens (primary N) is 1. The minimum atomic E-state index is 0.307. The fourth-order valence-electron chi connectivity index (χ4n) is 1.61. The van der Waals surface area contributed by atoms with Gasteiger partial charge in [0.05, 0.1) is 11.4 Å². The summed E-state index contributed by atoms with van der Waals surface area (Å²) < 4.78 is 3.41. The molecule has 16 heavy (non-hydrogen) atoms. The van der Waals surface area contributed by atoms with Crippen molar-refractivity contribution < 1.29 is 0 Å². The van der Waals surface area contributed by atoms with Crippen LogP contribution in [-0.4, -0.2) is 19.3 Å². The van der Waals surface area contributed by atoms with Gasteiger partial charge < -0.3 is 5.73 Å². The molecular weight excluding hydrogens is 204 g/mol. The third-order valence-electron chi connectivity index (χ3n) is 2.41. The van der Waals surface area contributed by atoms with Gasteiger partial charge in [0, 0.05) is 18.9 Å². The average Bonchev–Trinajstić information content (AvgIpc) is 2.84. The maximum atomic E-state index is 8.93. The van der Waals surface area contributed by atoms with Crippen LogP contribution in [0.3, 0.4) is 0 Å². The Morgan fingerprint density at radius 1 is 1.56 bits per heavy atom. The van der Waals surface area contributed by atoms with Crippen LogP contribution in [0.2, 0.25) is 0 Å². The highest BCUT2D eigenvalue weighted by molar-refractivity contribution is 5.58. The molecule has 0 saturated heterocycles. The minimum absolute atomic E-state index is 0.307. The van der Waals surface area contributed by atoms with Crippen molar-refractivity contribution in [3.63, 3.8) is 0 Å². The number of imidazole rings is 1. The summed E-state index contributed by atoms with van der Waals surface area (Å²) in [6, 6.07) is 2.02. The normalized spacial score (nSPS) is 10.3. The van der Waals surface area contributed by atoms with Crippen LogP contribution in [0.5, 0.6) is 0 Å². The smallest absolute Gasteiger partial charge is 0.218 e. The molecule has 0 aliphatic heterocycles. The lowest BCUT2D eigenvalue weighted by Gasteiger charge is -2.06. The zero-order valence-corrected chi connectivity index (χ0v) is 9.18. The molecule has 2 rings (SSSR count). The molecule has 2 aromatic rings. The lowest BCUT2D eigenvalue weighted by molar-refractivity contribution is 0.631. The molecule has 6 nitrogen and oxygen atoms in total. The van der Waals surface area contributed by atoms with E-state index < -0.39 is 0 Å². The zero-order valence-electron chi connectivity index (χ0n) is 9.18. The molecule has 2 aromatic heterocycles. The molecular formula is C10H12N6. The average molecular weight is 216 g/mol. The van der Waals surface area contributed by atoms with E-state index in [9.17, 15) is 0 Å². The Hall–Kier alpha value is -2.29. The van der Waals surface area contributed by atoms with Gasteiger partial charge in [-0.15, -0.1) is 0 Å². The lowest BCUT2D eigenvalue weighted by atomic mass is 10.4. The van der Waals surface area contributed by atoms with Crippen LogP contribution in [0.25, 0.3) is 5.82 Å². The molecule has 6 heteroatoms. The maximum Gasteiger partial charge on any atom is 0.218 e. The van der Waals surface area contributed by atoms with Crippen molar-refractivity contribution in [3.8, 4) is 11.9 Å². The third-order valence-corrected chi connectivity index (χ3v) is 2.41. The molecule has 0 aliphatic rings. The maximum absolute atomic E-state index is 8.93. The Morgan fingerprint density at radius 2 is 2.31 bits per heavy atom. The molecule has 2 N–H and O–H groups in total. The van der Waals surface area contributed by atoms with Crippen molar-refractivity contribution in [2.75, 3.05) is 5.73 Å². The molecule has 0 aliphatic carbocycles. The Labute approximate surface area is 92.9 Å². The van der Waals surface area contributed by atoms with E-state index in [1.807, 2.05) is 19.9 Å². The Morgan fingerprint density at radius 3 is 2.94 bits per heavy atom. The first-order valence-electron chi connectivity index (χ1n) is 4.95. The second-order valence-corrected chi connectivity index (χ2v) is 3.37. The Kier molecular flexibility index (Phi) is 2.37. The fraction of sp³-hybridized carbons (Fsp3) is 0.300. The minimum Gasteiger partial charge on any atom is -0.394 e. The van der Waals surface area contributed by atoms with Gasteiger partial charge >= 0.3 is 0 Å². The lowest BCUT2D eigenvalue weighted by Crippen LogP contribution is -2.08. The van der Waals surface area contributed by atoms with E-state index in [4.69, 9.17) is 11.0 Å². The molecule has 0 radical (unpaired) electrons. The van der Waals surface area contributed by atoms with Gasteiger partial charge in [-0.25, -0.2) is 9.67 Å². The van der Waals surface area contributed by atoms with E-state index >= 15 is 0 Å². The predicted molar refractivity (Wildman–Crippen MR) is 58.9 cm³/mol. The van der Waals surface area contributed by atoms with Crippen molar-refractivity contribution in [3.05, 3.63) is 23.9 Å².